The fraction of sp³-hybridized carbons (Fsp3) is 0.400. The van der Waals surface area contributed by atoms with Crippen molar-refractivity contribution >= 4 is 28.2 Å². The van der Waals surface area contributed by atoms with Crippen molar-refractivity contribution in [3.63, 3.8) is 0 Å². The number of nitrogens with zero attached hydrogens (tertiary/aromatic N) is 1. The molecule has 2 nitrogen and oxygen atoms in total. The molecule has 0 aliphatic rings. The fourth-order valence-electron chi connectivity index (χ4n) is 2.04. The highest BCUT2D eigenvalue weighted by Crippen LogP contribution is 2.28. The van der Waals surface area contributed by atoms with Crippen LogP contribution in [0.4, 0.5) is 5.69 Å². The van der Waals surface area contributed by atoms with Crippen LogP contribution in [0.1, 0.15) is 39.0 Å². The summed E-state index contributed by atoms with van der Waals surface area (Å²) in [5, 5.41) is 1.70. The Labute approximate surface area is 114 Å². The van der Waals surface area contributed by atoms with E-state index in [9.17, 15) is 0 Å². The summed E-state index contributed by atoms with van der Waals surface area (Å²) in [5.41, 5.74) is 10.2. The van der Waals surface area contributed by atoms with Crippen LogP contribution in [0.2, 0.25) is 5.02 Å². The van der Waals surface area contributed by atoms with Gasteiger partial charge in [0.15, 0.2) is 0 Å². The maximum Gasteiger partial charge on any atom is 0.0741 e. The van der Waals surface area contributed by atoms with Gasteiger partial charge in [-0.05, 0) is 36.6 Å². The van der Waals surface area contributed by atoms with Crippen LogP contribution in [0.3, 0.4) is 0 Å². The predicted octanol–water partition coefficient (Wildman–Crippen LogP) is 4.62. The van der Waals surface area contributed by atoms with E-state index in [1.807, 2.05) is 32.0 Å². The Balaban J connectivity index is 0.000000771. The lowest BCUT2D eigenvalue weighted by Gasteiger charge is -2.12. The van der Waals surface area contributed by atoms with E-state index in [1.54, 1.807) is 0 Å². The Hall–Kier alpha value is -1.28. The summed E-state index contributed by atoms with van der Waals surface area (Å²) in [4.78, 5) is 4.62. The molecule has 1 aromatic carbocycles. The molecule has 0 saturated carbocycles. The van der Waals surface area contributed by atoms with Crippen LogP contribution >= 0.6 is 11.6 Å². The summed E-state index contributed by atoms with van der Waals surface area (Å²) in [7, 11) is 0. The summed E-state index contributed by atoms with van der Waals surface area (Å²) >= 11 is 5.96. The number of hydrogen-bond acceptors (Lipinski definition) is 2. The SMILES string of the molecule is CC.CCc1nc2cc(Cl)ccc2c(N)c1CC. The molecule has 0 bridgehead atoms. The second-order valence-corrected chi connectivity index (χ2v) is 4.26. The lowest BCUT2D eigenvalue weighted by Crippen LogP contribution is -2.02. The van der Waals surface area contributed by atoms with Crippen molar-refractivity contribution in [2.45, 2.75) is 40.5 Å². The zero-order chi connectivity index (χ0) is 13.7. The number of anilines is 1. The number of fused-ring (bicyclic) bond motifs is 1. The molecule has 0 radical (unpaired) electrons. The van der Waals surface area contributed by atoms with Crippen LogP contribution in [-0.4, -0.2) is 4.98 Å². The highest BCUT2D eigenvalue weighted by atomic mass is 35.5. The number of pyridine rings is 1. The van der Waals surface area contributed by atoms with Crippen molar-refractivity contribution in [1.82, 2.24) is 4.98 Å². The van der Waals surface area contributed by atoms with Crippen LogP contribution in [0.25, 0.3) is 10.9 Å². The molecule has 2 aromatic rings. The maximum absolute atomic E-state index is 6.17. The first kappa shape index (κ1) is 14.8. The van der Waals surface area contributed by atoms with Gasteiger partial charge in [-0.1, -0.05) is 39.3 Å². The van der Waals surface area contributed by atoms with Gasteiger partial charge in [0.05, 0.1) is 5.52 Å². The van der Waals surface area contributed by atoms with Gasteiger partial charge in [-0.25, -0.2) is 0 Å². The average Bonchev–Trinajstić information content (AvgIpc) is 2.40. The van der Waals surface area contributed by atoms with E-state index < -0.39 is 0 Å². The molecular weight excluding hydrogens is 244 g/mol. The van der Waals surface area contributed by atoms with E-state index in [1.165, 1.54) is 0 Å². The van der Waals surface area contributed by atoms with Crippen molar-refractivity contribution in [3.05, 3.63) is 34.5 Å². The standard InChI is InChI=1S/C13H15ClN2.C2H6/c1-3-9-11(4-2)16-12-7-8(14)5-6-10(12)13(9)15;1-2/h5-7H,3-4H2,1-2H3,(H2,15,16);1-2H3. The van der Waals surface area contributed by atoms with E-state index >= 15 is 0 Å². The molecule has 0 atom stereocenters. The molecule has 18 heavy (non-hydrogen) atoms. The van der Waals surface area contributed by atoms with Crippen LogP contribution in [0, 0.1) is 0 Å². The molecular formula is C15H21ClN2. The molecule has 1 aromatic heterocycles. The lowest BCUT2D eigenvalue weighted by atomic mass is 10.0. The van der Waals surface area contributed by atoms with Crippen molar-refractivity contribution < 1.29 is 0 Å². The van der Waals surface area contributed by atoms with Crippen LogP contribution in [-0.2, 0) is 12.8 Å². The number of halogens is 1. The third kappa shape index (κ3) is 2.75. The number of benzene rings is 1. The molecule has 2 rings (SSSR count). The Morgan fingerprint density at radius 2 is 1.83 bits per heavy atom. The van der Waals surface area contributed by atoms with Crippen LogP contribution < -0.4 is 5.73 Å². The molecule has 0 unspecified atom stereocenters. The molecule has 98 valence electrons. The zero-order valence-corrected chi connectivity index (χ0v) is 12.3. The van der Waals surface area contributed by atoms with Gasteiger partial charge in [-0.15, -0.1) is 0 Å². The summed E-state index contributed by atoms with van der Waals surface area (Å²) in [6.45, 7) is 8.20. The Bertz CT molecular complexity index is 535. The molecule has 0 spiro atoms. The molecule has 0 aliphatic carbocycles. The van der Waals surface area contributed by atoms with Gasteiger partial charge >= 0.3 is 0 Å². The van der Waals surface area contributed by atoms with Crippen molar-refractivity contribution in [3.8, 4) is 0 Å². The maximum atomic E-state index is 6.17. The highest BCUT2D eigenvalue weighted by Gasteiger charge is 2.10. The van der Waals surface area contributed by atoms with Gasteiger partial charge in [0.25, 0.3) is 0 Å². The van der Waals surface area contributed by atoms with Crippen LogP contribution in [0.5, 0.6) is 0 Å². The largest absolute Gasteiger partial charge is 0.398 e. The quantitative estimate of drug-likeness (QED) is 0.859. The van der Waals surface area contributed by atoms with Gasteiger partial charge < -0.3 is 5.73 Å². The number of nitrogen functional groups attached to an aromatic ring is 1. The lowest BCUT2D eigenvalue weighted by molar-refractivity contribution is 0.985. The molecule has 1 heterocycles. The van der Waals surface area contributed by atoms with Gasteiger partial charge in [-0.3, -0.25) is 4.98 Å². The number of rotatable bonds is 2. The highest BCUT2D eigenvalue weighted by molar-refractivity contribution is 6.31. The van der Waals surface area contributed by atoms with Gasteiger partial charge in [0.1, 0.15) is 0 Å². The molecule has 0 aliphatic heterocycles. The summed E-state index contributed by atoms with van der Waals surface area (Å²) in [6, 6.07) is 5.66. The smallest absolute Gasteiger partial charge is 0.0741 e. The number of aryl methyl sites for hydroxylation is 1. The van der Waals surface area contributed by atoms with Gasteiger partial charge in [-0.2, -0.15) is 0 Å². The Morgan fingerprint density at radius 3 is 2.39 bits per heavy atom. The second kappa shape index (κ2) is 6.60. The normalized spacial score (nSPS) is 10.1. The average molecular weight is 265 g/mol. The Morgan fingerprint density at radius 1 is 1.17 bits per heavy atom. The van der Waals surface area contributed by atoms with Crippen molar-refractivity contribution in [2.75, 3.05) is 5.73 Å². The first-order chi connectivity index (χ1) is 8.67. The van der Waals surface area contributed by atoms with Crippen molar-refractivity contribution in [2.24, 2.45) is 0 Å². The summed E-state index contributed by atoms with van der Waals surface area (Å²) in [6.07, 6.45) is 1.82. The minimum atomic E-state index is 0.700. The second-order valence-electron chi connectivity index (χ2n) is 3.82. The van der Waals surface area contributed by atoms with E-state index in [0.717, 1.165) is 40.7 Å². The van der Waals surface area contributed by atoms with Gasteiger partial charge in [0, 0.05) is 21.8 Å². The van der Waals surface area contributed by atoms with E-state index in [4.69, 9.17) is 17.3 Å². The zero-order valence-electron chi connectivity index (χ0n) is 11.5. The first-order valence-electron chi connectivity index (χ1n) is 6.53. The van der Waals surface area contributed by atoms with Crippen molar-refractivity contribution in [1.29, 1.82) is 0 Å². The molecule has 0 fully saturated rings. The summed E-state index contributed by atoms with van der Waals surface area (Å²) in [5.74, 6) is 0. The van der Waals surface area contributed by atoms with E-state index in [2.05, 4.69) is 18.8 Å². The Kier molecular flexibility index (Phi) is 5.42. The minimum absolute atomic E-state index is 0.700. The monoisotopic (exact) mass is 264 g/mol. The van der Waals surface area contributed by atoms with Gasteiger partial charge in [0.2, 0.25) is 0 Å². The number of nitrogens with two attached hydrogens (primary N) is 1. The first-order valence-corrected chi connectivity index (χ1v) is 6.91. The molecule has 2 N–H and O–H groups in total. The van der Waals surface area contributed by atoms with E-state index in [0.29, 0.717) is 5.02 Å². The molecule has 0 saturated heterocycles. The summed E-state index contributed by atoms with van der Waals surface area (Å²) < 4.78 is 0. The fourth-order valence-corrected chi connectivity index (χ4v) is 2.21. The third-order valence-corrected chi connectivity index (χ3v) is 3.10. The minimum Gasteiger partial charge on any atom is -0.398 e. The predicted molar refractivity (Wildman–Crippen MR) is 81.3 cm³/mol. The molecule has 3 heteroatoms. The topological polar surface area (TPSA) is 38.9 Å². The molecule has 0 amide bonds. The number of aromatic nitrogens is 1. The van der Waals surface area contributed by atoms with E-state index in [-0.39, 0.29) is 0 Å². The third-order valence-electron chi connectivity index (χ3n) is 2.87. The van der Waals surface area contributed by atoms with Crippen LogP contribution in [0.15, 0.2) is 18.2 Å². The number of hydrogen-bond donors (Lipinski definition) is 1.